The summed E-state index contributed by atoms with van der Waals surface area (Å²) < 4.78 is 12.0. The highest BCUT2D eigenvalue weighted by atomic mass is 32.2. The van der Waals surface area contributed by atoms with E-state index in [1.165, 1.54) is 11.2 Å². The number of imide groups is 1. The normalized spacial score (nSPS) is 20.3. The summed E-state index contributed by atoms with van der Waals surface area (Å²) in [4.78, 5) is 45.2. The van der Waals surface area contributed by atoms with Crippen LogP contribution in [0.5, 0.6) is 17.5 Å². The van der Waals surface area contributed by atoms with Crippen molar-refractivity contribution in [3.05, 3.63) is 83.0 Å². The van der Waals surface area contributed by atoms with Gasteiger partial charge in [0.1, 0.15) is 18.2 Å². The molecule has 0 bridgehead atoms. The fourth-order valence-electron chi connectivity index (χ4n) is 4.43. The number of nitrogens with one attached hydrogen (secondary N) is 1. The van der Waals surface area contributed by atoms with E-state index in [9.17, 15) is 19.5 Å². The van der Waals surface area contributed by atoms with Gasteiger partial charge in [0.15, 0.2) is 0 Å². The number of hydrogen-bond acceptors (Lipinski definition) is 8. The van der Waals surface area contributed by atoms with Gasteiger partial charge in [-0.3, -0.25) is 14.9 Å². The molecule has 0 aliphatic carbocycles. The van der Waals surface area contributed by atoms with E-state index in [-0.39, 0.29) is 18.0 Å². The number of ether oxygens (including phenoxy) is 2. The summed E-state index contributed by atoms with van der Waals surface area (Å²) in [5, 5.41) is 11.5. The van der Waals surface area contributed by atoms with Gasteiger partial charge in [-0.15, -0.1) is 0 Å². The number of rotatable bonds is 7. The zero-order valence-corrected chi connectivity index (χ0v) is 21.0. The minimum Gasteiger partial charge on any atom is -0.474 e. The zero-order chi connectivity index (χ0) is 26.5. The lowest BCUT2D eigenvalue weighted by Gasteiger charge is -2.37. The molecule has 194 valence electrons. The van der Waals surface area contributed by atoms with Crippen molar-refractivity contribution in [3.63, 3.8) is 0 Å². The predicted octanol–water partition coefficient (Wildman–Crippen LogP) is 4.73. The summed E-state index contributed by atoms with van der Waals surface area (Å²) in [7, 11) is 0. The van der Waals surface area contributed by atoms with Crippen LogP contribution < -0.4 is 14.8 Å². The van der Waals surface area contributed by atoms with Gasteiger partial charge in [-0.25, -0.2) is 14.8 Å². The fourth-order valence-corrected chi connectivity index (χ4v) is 5.11. The molecule has 0 saturated carbocycles. The Hall–Kier alpha value is -4.38. The first-order valence-electron chi connectivity index (χ1n) is 12.0. The second-order valence-corrected chi connectivity index (χ2v) is 9.82. The molecular weight excluding hydrogens is 508 g/mol. The van der Waals surface area contributed by atoms with Crippen molar-refractivity contribution in [2.24, 2.45) is 0 Å². The Morgan fingerprint density at radius 1 is 1.11 bits per heavy atom. The maximum atomic E-state index is 11.8. The number of thioether (sulfide) groups is 1. The van der Waals surface area contributed by atoms with Gasteiger partial charge in [-0.05, 0) is 47.5 Å². The summed E-state index contributed by atoms with van der Waals surface area (Å²) >= 11 is 0.847. The third-order valence-corrected chi connectivity index (χ3v) is 6.96. The lowest BCUT2D eigenvalue weighted by atomic mass is 9.94. The van der Waals surface area contributed by atoms with Crippen LogP contribution in [0, 0.1) is 0 Å². The zero-order valence-electron chi connectivity index (χ0n) is 20.1. The molecule has 2 aliphatic rings. The van der Waals surface area contributed by atoms with Crippen molar-refractivity contribution in [2.75, 3.05) is 6.54 Å². The van der Waals surface area contributed by atoms with Gasteiger partial charge >= 0.3 is 6.09 Å². The Balaban J connectivity index is 1.25. The molecule has 10 nitrogen and oxygen atoms in total. The van der Waals surface area contributed by atoms with Gasteiger partial charge in [0.05, 0.1) is 11.0 Å². The minimum absolute atomic E-state index is 0.210. The highest BCUT2D eigenvalue weighted by Crippen LogP contribution is 2.29. The Bertz CT molecular complexity index is 1380. The molecule has 2 unspecified atom stereocenters. The molecular formula is C27H24N4O6S. The second kappa shape index (κ2) is 11.3. The van der Waals surface area contributed by atoms with Crippen molar-refractivity contribution >= 4 is 35.1 Å². The molecule has 2 atom stereocenters. The Kier molecular flexibility index (Phi) is 7.55. The molecule has 3 heterocycles. The molecule has 0 radical (unpaired) electrons. The second-order valence-electron chi connectivity index (χ2n) is 8.81. The van der Waals surface area contributed by atoms with E-state index >= 15 is 0 Å². The van der Waals surface area contributed by atoms with Gasteiger partial charge < -0.3 is 19.5 Å². The molecule has 0 spiro atoms. The summed E-state index contributed by atoms with van der Waals surface area (Å²) in [5.41, 5.74) is 1.76. The monoisotopic (exact) mass is 532 g/mol. The van der Waals surface area contributed by atoms with E-state index in [0.29, 0.717) is 47.9 Å². The van der Waals surface area contributed by atoms with Crippen molar-refractivity contribution in [3.8, 4) is 17.5 Å². The average molecular weight is 533 g/mol. The van der Waals surface area contributed by atoms with Crippen LogP contribution in [0.25, 0.3) is 6.08 Å². The molecule has 2 aliphatic heterocycles. The Labute approximate surface area is 222 Å². The van der Waals surface area contributed by atoms with Crippen LogP contribution in [0.15, 0.2) is 71.9 Å². The number of aromatic nitrogens is 2. The summed E-state index contributed by atoms with van der Waals surface area (Å²) in [5.74, 6) is 0.658. The largest absolute Gasteiger partial charge is 0.474 e. The van der Waals surface area contributed by atoms with Crippen molar-refractivity contribution in [1.29, 1.82) is 0 Å². The highest BCUT2D eigenvalue weighted by molar-refractivity contribution is 8.18. The lowest BCUT2D eigenvalue weighted by molar-refractivity contribution is -0.115. The number of benzene rings is 2. The van der Waals surface area contributed by atoms with E-state index < -0.39 is 17.2 Å². The number of carbonyl (C=O) groups excluding carboxylic acids is 2. The smallest absolute Gasteiger partial charge is 0.407 e. The first-order valence-corrected chi connectivity index (χ1v) is 12.8. The number of likely N-dealkylation sites (tertiary alicyclic amines) is 1. The van der Waals surface area contributed by atoms with Gasteiger partial charge in [0.25, 0.3) is 11.1 Å². The van der Waals surface area contributed by atoms with E-state index in [1.807, 2.05) is 30.3 Å². The first-order chi connectivity index (χ1) is 18.4. The Morgan fingerprint density at radius 3 is 2.68 bits per heavy atom. The third-order valence-electron chi connectivity index (χ3n) is 6.15. The van der Waals surface area contributed by atoms with Crippen LogP contribution in [-0.2, 0) is 11.2 Å². The number of piperidine rings is 1. The average Bonchev–Trinajstić information content (AvgIpc) is 3.21. The van der Waals surface area contributed by atoms with E-state index in [2.05, 4.69) is 15.3 Å². The van der Waals surface area contributed by atoms with Crippen LogP contribution in [0.2, 0.25) is 0 Å². The van der Waals surface area contributed by atoms with E-state index in [1.54, 1.807) is 36.4 Å². The molecule has 3 amide bonds. The third kappa shape index (κ3) is 6.30. The summed E-state index contributed by atoms with van der Waals surface area (Å²) in [6.45, 7) is 0.371. The standard InChI is InChI=1S/C27H24N4O6S/c32-25-22(38-26(33)30-25)13-18-7-4-8-20(12-18)36-23-15-24(29-16-28-23)37-21-9-10-31(27(34)35)19(14-21)11-17-5-2-1-3-6-17/h1-8,12-13,15-16,19,21H,9-11,14H2,(H,34,35)(H,30,32,33)/b22-13-. The minimum atomic E-state index is -0.932. The predicted molar refractivity (Wildman–Crippen MR) is 140 cm³/mol. The van der Waals surface area contributed by atoms with Crippen molar-refractivity contribution in [1.82, 2.24) is 20.2 Å². The van der Waals surface area contributed by atoms with Crippen molar-refractivity contribution < 1.29 is 29.0 Å². The molecule has 11 heteroatoms. The topological polar surface area (TPSA) is 131 Å². The van der Waals surface area contributed by atoms with Crippen LogP contribution >= 0.6 is 11.8 Å². The van der Waals surface area contributed by atoms with Crippen LogP contribution in [-0.4, -0.2) is 55.9 Å². The number of carboxylic acid groups (broad SMARTS) is 1. The molecule has 3 aromatic rings. The Morgan fingerprint density at radius 2 is 1.92 bits per heavy atom. The van der Waals surface area contributed by atoms with Crippen LogP contribution in [0.3, 0.4) is 0 Å². The molecule has 1 aromatic heterocycles. The highest BCUT2D eigenvalue weighted by Gasteiger charge is 2.33. The number of carbonyl (C=O) groups is 3. The van der Waals surface area contributed by atoms with Gasteiger partial charge in [0.2, 0.25) is 11.8 Å². The van der Waals surface area contributed by atoms with Gasteiger partial charge in [-0.1, -0.05) is 42.5 Å². The molecule has 2 fully saturated rings. The first kappa shape index (κ1) is 25.3. The molecule has 38 heavy (non-hydrogen) atoms. The van der Waals surface area contributed by atoms with Gasteiger partial charge in [0, 0.05) is 25.4 Å². The molecule has 5 rings (SSSR count). The summed E-state index contributed by atoms with van der Waals surface area (Å²) in [6, 6.07) is 18.2. The van der Waals surface area contributed by atoms with Crippen LogP contribution in [0.1, 0.15) is 24.0 Å². The maximum absolute atomic E-state index is 11.8. The fraction of sp³-hybridized carbons (Fsp3) is 0.222. The number of nitrogens with zero attached hydrogens (tertiary/aromatic N) is 3. The van der Waals surface area contributed by atoms with Crippen molar-refractivity contribution in [2.45, 2.75) is 31.4 Å². The number of amides is 3. The van der Waals surface area contributed by atoms with Crippen LogP contribution in [0.4, 0.5) is 9.59 Å². The number of hydrogen-bond donors (Lipinski definition) is 2. The maximum Gasteiger partial charge on any atom is 0.407 e. The molecule has 2 N–H and O–H groups in total. The summed E-state index contributed by atoms with van der Waals surface area (Å²) in [6.07, 6.45) is 3.49. The lowest BCUT2D eigenvalue weighted by Crippen LogP contribution is -2.49. The SMILES string of the molecule is O=C1NC(=O)/C(=C/c2cccc(Oc3cc(OC4CCN(C(=O)O)C(Cc5ccccc5)C4)ncn3)c2)S1. The molecule has 2 saturated heterocycles. The van der Waals surface area contributed by atoms with Gasteiger partial charge in [-0.2, -0.15) is 0 Å². The quantitative estimate of drug-likeness (QED) is 0.415. The van der Waals surface area contributed by atoms with E-state index in [4.69, 9.17) is 9.47 Å². The molecule has 2 aromatic carbocycles. The van der Waals surface area contributed by atoms with E-state index in [0.717, 1.165) is 17.3 Å².